The second-order valence-corrected chi connectivity index (χ2v) is 11.5. The Hall–Kier alpha value is -4.88. The van der Waals surface area contributed by atoms with E-state index in [1.165, 1.54) is 0 Å². The van der Waals surface area contributed by atoms with Gasteiger partial charge in [0.25, 0.3) is 0 Å². The van der Waals surface area contributed by atoms with E-state index in [4.69, 9.17) is 18.1 Å². The molecule has 4 aromatic rings. The van der Waals surface area contributed by atoms with Crippen molar-refractivity contribution in [3.05, 3.63) is 177 Å². The van der Waals surface area contributed by atoms with Crippen molar-refractivity contribution in [1.29, 1.82) is 0 Å². The first-order valence-electron chi connectivity index (χ1n) is 22.5. The lowest BCUT2D eigenvalue weighted by atomic mass is 9.66. The van der Waals surface area contributed by atoms with Crippen LogP contribution in [0, 0.1) is 11.8 Å². The maximum Gasteiger partial charge on any atom is 0.135 e. The summed E-state index contributed by atoms with van der Waals surface area (Å²) in [4.78, 5) is 0. The molecule has 9 rings (SSSR count). The lowest BCUT2D eigenvalue weighted by molar-refractivity contribution is 0.569. The van der Waals surface area contributed by atoms with Crippen LogP contribution in [0.2, 0.25) is 0 Å². The van der Waals surface area contributed by atoms with Gasteiger partial charge in [0.15, 0.2) is 0 Å². The van der Waals surface area contributed by atoms with Gasteiger partial charge in [0.2, 0.25) is 0 Å². The third-order valence-corrected chi connectivity index (χ3v) is 9.18. The van der Waals surface area contributed by atoms with Crippen LogP contribution in [-0.4, -0.2) is 0 Å². The Bertz CT molecular complexity index is 2990. The summed E-state index contributed by atoms with van der Waals surface area (Å²) in [6, 6.07) is 10.6. The molecule has 0 radical (unpaired) electrons. The molecule has 1 heterocycles. The zero-order valence-corrected chi connectivity index (χ0v) is 24.2. The number of para-hydroxylation sites is 1. The zero-order valence-electron chi connectivity index (χ0n) is 38.2. The van der Waals surface area contributed by atoms with Gasteiger partial charge in [-0.2, -0.15) is 0 Å². The highest BCUT2D eigenvalue weighted by Gasteiger charge is 2.37. The molecule has 0 aliphatic heterocycles. The molecule has 1 nitrogen and oxygen atoms in total. The second kappa shape index (κ2) is 10.9. The molecule has 0 spiro atoms. The van der Waals surface area contributed by atoms with E-state index in [0.29, 0.717) is 27.0 Å². The van der Waals surface area contributed by atoms with E-state index in [1.54, 1.807) is 0 Å². The summed E-state index contributed by atoms with van der Waals surface area (Å²) in [5.74, 6) is -1.75. The van der Waals surface area contributed by atoms with Crippen LogP contribution in [0.3, 0.4) is 0 Å². The maximum absolute atomic E-state index is 9.57. The highest BCUT2D eigenvalue weighted by Crippen LogP contribution is 2.47. The average molecular weight is 595 g/mol. The Morgan fingerprint density at radius 3 is 2.29 bits per heavy atom. The topological polar surface area (TPSA) is 13.1 Å². The van der Waals surface area contributed by atoms with Crippen molar-refractivity contribution < 1.29 is 23.6 Å². The van der Waals surface area contributed by atoms with E-state index >= 15 is 0 Å². The Kier molecular flexibility index (Phi) is 3.86. The Morgan fingerprint density at radius 1 is 0.711 bits per heavy atom. The van der Waals surface area contributed by atoms with E-state index in [0.717, 1.165) is 21.8 Å². The first-order valence-corrected chi connectivity index (χ1v) is 15.1. The third kappa shape index (κ3) is 4.37. The van der Waals surface area contributed by atoms with E-state index in [1.807, 2.05) is 78.9 Å². The summed E-state index contributed by atoms with van der Waals surface area (Å²) < 4.78 is 130. The van der Waals surface area contributed by atoms with Crippen LogP contribution >= 0.6 is 0 Å². The molecule has 5 aliphatic rings. The molecule has 0 saturated carbocycles. The molecule has 1 heteroatoms. The molecule has 7 unspecified atom stereocenters. The highest BCUT2D eigenvalue weighted by atomic mass is 16.3. The number of hydrogen-bond acceptors (Lipinski definition) is 1. The fourth-order valence-electron chi connectivity index (χ4n) is 7.31. The van der Waals surface area contributed by atoms with Gasteiger partial charge in [0.05, 0.1) is 13.7 Å². The first kappa shape index (κ1) is 15.9. The minimum absolute atomic E-state index is 0.133. The Morgan fingerprint density at radius 2 is 1.42 bits per heavy atom. The fourth-order valence-corrected chi connectivity index (χ4v) is 7.31. The van der Waals surface area contributed by atoms with Crippen LogP contribution < -0.4 is 21.1 Å². The second-order valence-electron chi connectivity index (χ2n) is 11.5. The molecule has 5 aliphatic carbocycles. The van der Waals surface area contributed by atoms with Gasteiger partial charge < -0.3 is 4.42 Å². The normalized spacial score (nSPS) is 35.6. The molecule has 0 N–H and O–H groups in total. The van der Waals surface area contributed by atoms with Gasteiger partial charge in [-0.1, -0.05) is 127 Å². The molecule has 218 valence electrons. The average Bonchev–Trinajstić information content (AvgIpc) is 3.63. The smallest absolute Gasteiger partial charge is 0.135 e. The van der Waals surface area contributed by atoms with Crippen LogP contribution in [0.1, 0.15) is 62.7 Å². The van der Waals surface area contributed by atoms with Gasteiger partial charge in [-0.15, -0.1) is 0 Å². The van der Waals surface area contributed by atoms with Gasteiger partial charge >= 0.3 is 0 Å². The monoisotopic (exact) mass is 594 g/mol. The minimum atomic E-state index is -1.55. The molecule has 3 aromatic carbocycles. The summed E-state index contributed by atoms with van der Waals surface area (Å²) in [5.41, 5.74) is 3.14. The van der Waals surface area contributed by atoms with Crippen LogP contribution in [0.4, 0.5) is 0 Å². The van der Waals surface area contributed by atoms with Gasteiger partial charge in [-0.25, -0.2) is 0 Å². The number of fused-ring (bicyclic) bond motifs is 5. The summed E-state index contributed by atoms with van der Waals surface area (Å²) in [6.07, 6.45) is 3.81. The predicted molar refractivity (Wildman–Crippen MR) is 187 cm³/mol. The largest absolute Gasteiger partial charge is 0.456 e. The van der Waals surface area contributed by atoms with Crippen LogP contribution in [0.15, 0.2) is 154 Å². The summed E-state index contributed by atoms with van der Waals surface area (Å²) in [7, 11) is 0. The van der Waals surface area contributed by atoms with Crippen molar-refractivity contribution in [3.8, 4) is 0 Å². The van der Waals surface area contributed by atoms with Crippen LogP contribution in [-0.2, 0) is 0 Å². The zero-order chi connectivity index (χ0) is 41.9. The van der Waals surface area contributed by atoms with E-state index in [2.05, 4.69) is 0 Å². The quantitative estimate of drug-likeness (QED) is 0.235. The van der Waals surface area contributed by atoms with E-state index < -0.39 is 85.7 Å². The van der Waals surface area contributed by atoms with E-state index in [-0.39, 0.29) is 46.8 Å². The molecule has 0 bridgehead atoms. The van der Waals surface area contributed by atoms with Crippen LogP contribution in [0.5, 0.6) is 0 Å². The van der Waals surface area contributed by atoms with Gasteiger partial charge in [-0.05, 0) is 93.6 Å². The predicted octanol–water partition coefficient (Wildman–Crippen LogP) is 7.85. The van der Waals surface area contributed by atoms with Crippen molar-refractivity contribution >= 4 is 33.8 Å². The molecule has 45 heavy (non-hydrogen) atoms. The van der Waals surface area contributed by atoms with Gasteiger partial charge in [0, 0.05) is 33.8 Å². The molecule has 0 fully saturated rings. The molecule has 0 amide bonds. The van der Waals surface area contributed by atoms with Gasteiger partial charge in [0.1, 0.15) is 11.0 Å². The van der Waals surface area contributed by atoms with Crippen molar-refractivity contribution in [3.63, 3.8) is 0 Å². The SMILES string of the molecule is [2H]C1=C([2H])C([2H])C([2H])C(C2=C([2H])C([2H])=C(C3=c4ccccc4=C(C4=c5c(oc6ccccc56)=CCC4c4c([2H])c([2H])c([2H])c([2H])c4[2H])C4C=CC=CC34)C([2H])C2[2H])=C1[2H]. The van der Waals surface area contributed by atoms with Crippen molar-refractivity contribution in [2.24, 2.45) is 11.8 Å². The lowest BCUT2D eigenvalue weighted by Crippen LogP contribution is -2.43. The summed E-state index contributed by atoms with van der Waals surface area (Å²) in [6.45, 7) is 0. The van der Waals surface area contributed by atoms with Crippen molar-refractivity contribution in [1.82, 2.24) is 0 Å². The number of rotatable bonds is 4. The van der Waals surface area contributed by atoms with Gasteiger partial charge in [-0.3, -0.25) is 0 Å². The van der Waals surface area contributed by atoms with Crippen molar-refractivity contribution in [2.45, 2.75) is 37.9 Å². The number of furan rings is 1. The summed E-state index contributed by atoms with van der Waals surface area (Å²) >= 11 is 0. The minimum Gasteiger partial charge on any atom is -0.456 e. The number of hydrogen-bond donors (Lipinski definition) is 0. The molecule has 7 atom stereocenters. The standard InChI is InChI=1S/C44H36O/c1-3-13-29(14-4-1)30-23-25-32(26-24-30)41-34-17-7-9-19-36(34)42(37-20-10-8-18-35(37)41)44-33(31-15-5-2-6-16-31)27-28-40-43(44)38-21-11-12-22-39(38)45-40/h1-3,5-13,15-23,25,28,33-34,36H,4,14,24,26-27H2/i1D,2D,3D,4D,5D,6D,13D,14D,15D,16D,23D,24D,25D,26D. The molecule has 0 saturated heterocycles. The molecular formula is C44H36O. The fraction of sp³-hybridized carbons (Fsp3) is 0.182. The number of allylic oxidation sites excluding steroid dienone is 12. The van der Waals surface area contributed by atoms with Crippen molar-refractivity contribution in [2.75, 3.05) is 0 Å². The Balaban J connectivity index is 1.41. The summed E-state index contributed by atoms with van der Waals surface area (Å²) in [5, 5.41) is 2.88. The van der Waals surface area contributed by atoms with Crippen LogP contribution in [0.25, 0.3) is 33.8 Å². The lowest BCUT2D eigenvalue weighted by Gasteiger charge is -2.37. The number of benzene rings is 3. The first-order chi connectivity index (χ1) is 28.2. The van der Waals surface area contributed by atoms with E-state index in [9.17, 15) is 5.48 Å². The molecular weight excluding hydrogens is 544 g/mol. The molecule has 1 aromatic heterocycles. The highest BCUT2D eigenvalue weighted by molar-refractivity contribution is 6.00. The maximum atomic E-state index is 9.57. The third-order valence-electron chi connectivity index (χ3n) is 9.18. The Labute approximate surface area is 284 Å².